The van der Waals surface area contributed by atoms with E-state index in [4.69, 9.17) is 4.74 Å². The summed E-state index contributed by atoms with van der Waals surface area (Å²) < 4.78 is 28.1. The van der Waals surface area contributed by atoms with Crippen molar-refractivity contribution in [3.8, 4) is 0 Å². The maximum atomic E-state index is 12.1. The number of amides is 2. The van der Waals surface area contributed by atoms with E-state index in [2.05, 4.69) is 5.32 Å². The van der Waals surface area contributed by atoms with Crippen LogP contribution in [-0.2, 0) is 24.2 Å². The van der Waals surface area contributed by atoms with Crippen LogP contribution in [0.3, 0.4) is 0 Å². The molecule has 8 nitrogen and oxygen atoms in total. The van der Waals surface area contributed by atoms with Crippen molar-refractivity contribution in [2.24, 2.45) is 0 Å². The lowest BCUT2D eigenvalue weighted by Gasteiger charge is -2.15. The predicted octanol–water partition coefficient (Wildman–Crippen LogP) is 2.01. The lowest BCUT2D eigenvalue weighted by atomic mass is 10.2. The summed E-state index contributed by atoms with van der Waals surface area (Å²) in [5.41, 5.74) is 1.26. The molecule has 0 atom stereocenters. The van der Waals surface area contributed by atoms with Crippen LogP contribution in [0.1, 0.15) is 23.2 Å². The SMILES string of the molecule is CS(=O)(=O)c1cccc(NC(=O)COC(=O)c2ccc(N3CCCC3=O)cc2)c1. The Balaban J connectivity index is 1.55. The third kappa shape index (κ3) is 5.20. The summed E-state index contributed by atoms with van der Waals surface area (Å²) in [6.45, 7) is 0.137. The summed E-state index contributed by atoms with van der Waals surface area (Å²) in [5, 5.41) is 2.49. The summed E-state index contributed by atoms with van der Waals surface area (Å²) in [7, 11) is -3.40. The molecule has 2 aromatic carbocycles. The Morgan fingerprint density at radius 2 is 1.86 bits per heavy atom. The first-order chi connectivity index (χ1) is 13.7. The summed E-state index contributed by atoms with van der Waals surface area (Å²) in [6, 6.07) is 12.2. The molecular formula is C20H20N2O6S. The lowest BCUT2D eigenvalue weighted by Crippen LogP contribution is -2.23. The van der Waals surface area contributed by atoms with E-state index in [-0.39, 0.29) is 22.1 Å². The number of hydrogen-bond acceptors (Lipinski definition) is 6. The minimum absolute atomic E-state index is 0.0527. The number of sulfone groups is 1. The molecule has 0 aromatic heterocycles. The van der Waals surface area contributed by atoms with E-state index in [0.29, 0.717) is 18.7 Å². The van der Waals surface area contributed by atoms with Crippen LogP contribution >= 0.6 is 0 Å². The molecule has 2 aromatic rings. The van der Waals surface area contributed by atoms with Gasteiger partial charge in [-0.1, -0.05) is 6.07 Å². The molecular weight excluding hydrogens is 396 g/mol. The zero-order chi connectivity index (χ0) is 21.0. The van der Waals surface area contributed by atoms with E-state index in [0.717, 1.165) is 12.7 Å². The quantitative estimate of drug-likeness (QED) is 0.722. The largest absolute Gasteiger partial charge is 0.452 e. The van der Waals surface area contributed by atoms with Crippen LogP contribution in [0.4, 0.5) is 11.4 Å². The van der Waals surface area contributed by atoms with Gasteiger partial charge >= 0.3 is 5.97 Å². The van der Waals surface area contributed by atoms with Gasteiger partial charge in [0.25, 0.3) is 5.91 Å². The number of nitrogens with zero attached hydrogens (tertiary/aromatic N) is 1. The van der Waals surface area contributed by atoms with Crippen molar-refractivity contribution in [3.63, 3.8) is 0 Å². The van der Waals surface area contributed by atoms with Crippen molar-refractivity contribution in [2.45, 2.75) is 17.7 Å². The van der Waals surface area contributed by atoms with E-state index in [1.165, 1.54) is 36.4 Å². The highest BCUT2D eigenvalue weighted by Crippen LogP contribution is 2.22. The van der Waals surface area contributed by atoms with Gasteiger partial charge in [0, 0.05) is 30.6 Å². The van der Waals surface area contributed by atoms with Crippen LogP contribution in [0.2, 0.25) is 0 Å². The van der Waals surface area contributed by atoms with Crippen LogP contribution in [0.15, 0.2) is 53.4 Å². The number of benzene rings is 2. The minimum Gasteiger partial charge on any atom is -0.452 e. The number of ether oxygens (including phenoxy) is 1. The highest BCUT2D eigenvalue weighted by atomic mass is 32.2. The fraction of sp³-hybridized carbons (Fsp3) is 0.250. The number of rotatable bonds is 6. The summed E-state index contributed by atoms with van der Waals surface area (Å²) in [4.78, 5) is 37.6. The standard InChI is InChI=1S/C20H20N2O6S/c1-29(26,27)17-5-2-4-15(12-17)21-18(23)13-28-20(25)14-7-9-16(10-8-14)22-11-3-6-19(22)24/h2,4-5,7-10,12H,3,6,11,13H2,1H3,(H,21,23). The topological polar surface area (TPSA) is 110 Å². The van der Waals surface area contributed by atoms with Gasteiger partial charge in [-0.2, -0.15) is 0 Å². The van der Waals surface area contributed by atoms with Gasteiger partial charge in [0.15, 0.2) is 16.4 Å². The molecule has 0 spiro atoms. The van der Waals surface area contributed by atoms with Crippen molar-refractivity contribution < 1.29 is 27.5 Å². The van der Waals surface area contributed by atoms with E-state index in [1.807, 2.05) is 0 Å². The zero-order valence-corrected chi connectivity index (χ0v) is 16.6. The highest BCUT2D eigenvalue weighted by molar-refractivity contribution is 7.90. The summed E-state index contributed by atoms with van der Waals surface area (Å²) in [6.07, 6.45) is 2.40. The van der Waals surface area contributed by atoms with Crippen molar-refractivity contribution in [2.75, 3.05) is 29.6 Å². The average Bonchev–Trinajstić information content (AvgIpc) is 3.12. The number of anilines is 2. The zero-order valence-electron chi connectivity index (χ0n) is 15.8. The molecule has 0 radical (unpaired) electrons. The van der Waals surface area contributed by atoms with Crippen molar-refractivity contribution in [1.29, 1.82) is 0 Å². The summed E-state index contributed by atoms with van der Waals surface area (Å²) >= 11 is 0. The second-order valence-corrected chi connectivity index (χ2v) is 8.64. The van der Waals surface area contributed by atoms with Crippen LogP contribution in [0.25, 0.3) is 0 Å². The fourth-order valence-corrected chi connectivity index (χ4v) is 3.58. The molecule has 1 aliphatic rings. The second-order valence-electron chi connectivity index (χ2n) is 6.62. The van der Waals surface area contributed by atoms with E-state index in [9.17, 15) is 22.8 Å². The van der Waals surface area contributed by atoms with E-state index < -0.39 is 28.3 Å². The summed E-state index contributed by atoms with van der Waals surface area (Å²) in [5.74, 6) is -1.22. The number of nitrogens with one attached hydrogen (secondary N) is 1. The maximum absolute atomic E-state index is 12.1. The van der Waals surface area contributed by atoms with E-state index in [1.54, 1.807) is 17.0 Å². The Kier molecular flexibility index (Phi) is 5.97. The van der Waals surface area contributed by atoms with Gasteiger partial charge in [-0.15, -0.1) is 0 Å². The number of carbonyl (C=O) groups is 3. The molecule has 152 valence electrons. The van der Waals surface area contributed by atoms with Crippen LogP contribution in [0.5, 0.6) is 0 Å². The Morgan fingerprint density at radius 3 is 2.48 bits per heavy atom. The second kappa shape index (κ2) is 8.44. The smallest absolute Gasteiger partial charge is 0.338 e. The minimum atomic E-state index is -3.40. The normalized spacial score (nSPS) is 14.0. The monoisotopic (exact) mass is 416 g/mol. The first kappa shape index (κ1) is 20.5. The van der Waals surface area contributed by atoms with Gasteiger partial charge < -0.3 is 15.0 Å². The van der Waals surface area contributed by atoms with Crippen molar-refractivity contribution in [1.82, 2.24) is 0 Å². The molecule has 0 saturated carbocycles. The Hall–Kier alpha value is -3.20. The Labute approximate surface area is 168 Å². The van der Waals surface area contributed by atoms with Gasteiger partial charge in [-0.25, -0.2) is 13.2 Å². The highest BCUT2D eigenvalue weighted by Gasteiger charge is 2.22. The molecule has 9 heteroatoms. The van der Waals surface area contributed by atoms with Crippen molar-refractivity contribution in [3.05, 3.63) is 54.1 Å². The van der Waals surface area contributed by atoms with Crippen LogP contribution in [0, 0.1) is 0 Å². The molecule has 1 aliphatic heterocycles. The first-order valence-corrected chi connectivity index (χ1v) is 10.8. The first-order valence-electron chi connectivity index (χ1n) is 8.91. The molecule has 1 heterocycles. The van der Waals surface area contributed by atoms with Crippen LogP contribution in [-0.4, -0.2) is 45.6 Å². The maximum Gasteiger partial charge on any atom is 0.338 e. The molecule has 1 saturated heterocycles. The predicted molar refractivity (Wildman–Crippen MR) is 106 cm³/mol. The molecule has 1 fully saturated rings. The number of esters is 1. The molecule has 2 amide bonds. The molecule has 3 rings (SSSR count). The van der Waals surface area contributed by atoms with Crippen molar-refractivity contribution >= 4 is 39.0 Å². The lowest BCUT2D eigenvalue weighted by molar-refractivity contribution is -0.119. The van der Waals surface area contributed by atoms with Crippen LogP contribution < -0.4 is 10.2 Å². The molecule has 0 bridgehead atoms. The Bertz CT molecular complexity index is 1050. The molecule has 29 heavy (non-hydrogen) atoms. The van der Waals surface area contributed by atoms with Gasteiger partial charge in [-0.05, 0) is 48.9 Å². The number of carbonyl (C=O) groups excluding carboxylic acids is 3. The van der Waals surface area contributed by atoms with Gasteiger partial charge in [0.1, 0.15) is 0 Å². The van der Waals surface area contributed by atoms with Gasteiger partial charge in [-0.3, -0.25) is 9.59 Å². The third-order valence-electron chi connectivity index (χ3n) is 4.37. The molecule has 0 unspecified atom stereocenters. The van der Waals surface area contributed by atoms with Gasteiger partial charge in [0.05, 0.1) is 10.5 Å². The van der Waals surface area contributed by atoms with Gasteiger partial charge in [0.2, 0.25) is 5.91 Å². The average molecular weight is 416 g/mol. The third-order valence-corrected chi connectivity index (χ3v) is 5.48. The van der Waals surface area contributed by atoms with E-state index >= 15 is 0 Å². The number of hydrogen-bond donors (Lipinski definition) is 1. The molecule has 0 aliphatic carbocycles. The Morgan fingerprint density at radius 1 is 1.14 bits per heavy atom. The fourth-order valence-electron chi connectivity index (χ4n) is 2.91. The molecule has 1 N–H and O–H groups in total.